The van der Waals surface area contributed by atoms with E-state index in [0.29, 0.717) is 32.8 Å². The zero-order valence-electron chi connectivity index (χ0n) is 18.0. The van der Waals surface area contributed by atoms with Crippen LogP contribution in [0, 0.1) is 23.0 Å². The molecule has 1 atom stereocenters. The molecule has 0 aliphatic carbocycles. The maximum Gasteiger partial charge on any atom is 0.349 e. The van der Waals surface area contributed by atoms with E-state index in [4.69, 9.17) is 39.5 Å². The van der Waals surface area contributed by atoms with Crippen LogP contribution in [-0.2, 0) is 4.79 Å². The Morgan fingerprint density at radius 1 is 0.917 bits per heavy atom. The number of pyridine rings is 1. The van der Waals surface area contributed by atoms with Crippen LogP contribution in [0.1, 0.15) is 17.2 Å². The van der Waals surface area contributed by atoms with E-state index in [1.807, 2.05) is 6.07 Å². The third kappa shape index (κ3) is 5.26. The minimum absolute atomic E-state index is 0.0948. The molecule has 0 saturated heterocycles. The summed E-state index contributed by atoms with van der Waals surface area (Å²) in [7, 11) is 0. The largest absolute Gasteiger partial charge is 0.478 e. The number of ether oxygens (including phenoxy) is 1. The van der Waals surface area contributed by atoms with E-state index in [2.05, 4.69) is 4.98 Å². The molecule has 10 heteroatoms. The summed E-state index contributed by atoms with van der Waals surface area (Å²) in [5.74, 6) is -4.24. The second-order valence-electron chi connectivity index (χ2n) is 7.49. The number of carbonyl (C=O) groups is 1. The molecule has 0 aliphatic rings. The fourth-order valence-electron chi connectivity index (χ4n) is 3.45. The summed E-state index contributed by atoms with van der Waals surface area (Å²) in [4.78, 5) is 16.4. The summed E-state index contributed by atoms with van der Waals surface area (Å²) in [6.45, 7) is 0. The SMILES string of the molecule is N#Cc1cc(-c2ccc(Cl)cc2)c(-c2ccc(Cl)cc2Cl)nc1OC(C(=O)O)c1ccc(F)c(F)c1. The summed E-state index contributed by atoms with van der Waals surface area (Å²) in [5, 5.41) is 20.7. The van der Waals surface area contributed by atoms with Crippen molar-refractivity contribution in [2.75, 3.05) is 0 Å². The molecule has 0 amide bonds. The van der Waals surface area contributed by atoms with Crippen molar-refractivity contribution in [3.05, 3.63) is 105 Å². The minimum Gasteiger partial charge on any atom is -0.478 e. The Morgan fingerprint density at radius 3 is 2.22 bits per heavy atom. The summed E-state index contributed by atoms with van der Waals surface area (Å²) in [5.41, 5.74) is 1.55. The first-order valence-electron chi connectivity index (χ1n) is 10.2. The van der Waals surface area contributed by atoms with Gasteiger partial charge < -0.3 is 9.84 Å². The fraction of sp³-hybridized carbons (Fsp3) is 0.0385. The third-order valence-electron chi connectivity index (χ3n) is 5.15. The Labute approximate surface area is 219 Å². The van der Waals surface area contributed by atoms with Crippen molar-refractivity contribution >= 4 is 40.8 Å². The summed E-state index contributed by atoms with van der Waals surface area (Å²) < 4.78 is 32.8. The number of hydrogen-bond donors (Lipinski definition) is 1. The topological polar surface area (TPSA) is 83.2 Å². The molecule has 5 nitrogen and oxygen atoms in total. The predicted molar refractivity (Wildman–Crippen MR) is 132 cm³/mol. The van der Waals surface area contributed by atoms with Crippen molar-refractivity contribution in [1.29, 1.82) is 5.26 Å². The van der Waals surface area contributed by atoms with Crippen LogP contribution in [0.5, 0.6) is 5.88 Å². The lowest BCUT2D eigenvalue weighted by atomic mass is 9.97. The fourth-order valence-corrected chi connectivity index (χ4v) is 4.07. The Kier molecular flexibility index (Phi) is 7.41. The Bertz CT molecular complexity index is 1520. The highest BCUT2D eigenvalue weighted by molar-refractivity contribution is 6.36. The smallest absolute Gasteiger partial charge is 0.349 e. The predicted octanol–water partition coefficient (Wildman–Crippen LogP) is 7.73. The standard InChI is InChI=1S/C26H13Cl3F2N2O3/c27-16-4-1-13(2-5-16)19-9-15(12-32)25(33-23(19)18-7-6-17(28)11-20(18)29)36-24(26(34)35)14-3-8-21(30)22(31)10-14/h1-11,24H,(H,34,35). The molecule has 3 aromatic carbocycles. The molecule has 1 unspecified atom stereocenters. The molecule has 1 heterocycles. The van der Waals surface area contributed by atoms with Crippen LogP contribution in [0.25, 0.3) is 22.4 Å². The molecule has 180 valence electrons. The first kappa shape index (κ1) is 25.4. The van der Waals surface area contributed by atoms with Crippen molar-refractivity contribution < 1.29 is 23.4 Å². The van der Waals surface area contributed by atoms with Gasteiger partial charge in [0, 0.05) is 26.7 Å². The molecule has 0 radical (unpaired) electrons. The van der Waals surface area contributed by atoms with Crippen molar-refractivity contribution in [3.63, 3.8) is 0 Å². The molecule has 0 aliphatic heterocycles. The Hall–Kier alpha value is -3.70. The number of halogens is 5. The minimum atomic E-state index is -1.78. The lowest BCUT2D eigenvalue weighted by Crippen LogP contribution is -2.20. The van der Waals surface area contributed by atoms with E-state index in [1.165, 1.54) is 12.1 Å². The monoisotopic (exact) mass is 544 g/mol. The number of carboxylic acid groups (broad SMARTS) is 1. The first-order chi connectivity index (χ1) is 17.2. The second-order valence-corrected chi connectivity index (χ2v) is 8.77. The van der Waals surface area contributed by atoms with E-state index >= 15 is 0 Å². The molecule has 0 fully saturated rings. The van der Waals surface area contributed by atoms with Gasteiger partial charge in [0.25, 0.3) is 0 Å². The Balaban J connectivity index is 1.91. The van der Waals surface area contributed by atoms with Gasteiger partial charge in [-0.05, 0) is 54.1 Å². The normalized spacial score (nSPS) is 11.6. The van der Waals surface area contributed by atoms with Gasteiger partial charge in [-0.2, -0.15) is 5.26 Å². The molecule has 4 rings (SSSR count). The number of aliphatic carboxylic acids is 1. The van der Waals surface area contributed by atoms with Crippen molar-refractivity contribution in [2.45, 2.75) is 6.10 Å². The van der Waals surface area contributed by atoms with Crippen LogP contribution in [0.15, 0.2) is 66.7 Å². The number of hydrogen-bond acceptors (Lipinski definition) is 4. The van der Waals surface area contributed by atoms with Crippen LogP contribution >= 0.6 is 34.8 Å². The van der Waals surface area contributed by atoms with E-state index in [-0.39, 0.29) is 27.7 Å². The molecule has 1 aromatic heterocycles. The van der Waals surface area contributed by atoms with E-state index in [1.54, 1.807) is 36.4 Å². The van der Waals surface area contributed by atoms with Gasteiger partial charge in [0.2, 0.25) is 12.0 Å². The second kappa shape index (κ2) is 10.5. The van der Waals surface area contributed by atoms with Gasteiger partial charge in [-0.15, -0.1) is 0 Å². The lowest BCUT2D eigenvalue weighted by molar-refractivity contribution is -0.145. The van der Waals surface area contributed by atoms with Crippen LogP contribution in [0.2, 0.25) is 15.1 Å². The molecule has 1 N–H and O–H groups in total. The highest BCUT2D eigenvalue weighted by atomic mass is 35.5. The number of benzene rings is 3. The van der Waals surface area contributed by atoms with Gasteiger partial charge in [-0.3, -0.25) is 0 Å². The van der Waals surface area contributed by atoms with Crippen molar-refractivity contribution in [1.82, 2.24) is 4.98 Å². The Morgan fingerprint density at radius 2 is 1.61 bits per heavy atom. The maximum absolute atomic E-state index is 13.8. The van der Waals surface area contributed by atoms with Gasteiger partial charge >= 0.3 is 5.97 Å². The van der Waals surface area contributed by atoms with Crippen molar-refractivity contribution in [2.24, 2.45) is 0 Å². The lowest BCUT2D eigenvalue weighted by Gasteiger charge is -2.19. The first-order valence-corrected chi connectivity index (χ1v) is 11.3. The molecule has 36 heavy (non-hydrogen) atoms. The number of aromatic nitrogens is 1. The molecule has 0 bridgehead atoms. The van der Waals surface area contributed by atoms with Crippen molar-refractivity contribution in [3.8, 4) is 34.3 Å². The van der Waals surface area contributed by atoms with Gasteiger partial charge in [0.1, 0.15) is 11.6 Å². The van der Waals surface area contributed by atoms with E-state index < -0.39 is 23.7 Å². The average molecular weight is 546 g/mol. The van der Waals surface area contributed by atoms with Gasteiger partial charge in [0.05, 0.1) is 10.7 Å². The molecule has 0 saturated carbocycles. The summed E-state index contributed by atoms with van der Waals surface area (Å²) in [6, 6.07) is 17.4. The zero-order chi connectivity index (χ0) is 26.0. The molecule has 0 spiro atoms. The van der Waals surface area contributed by atoms with Crippen LogP contribution in [0.4, 0.5) is 8.78 Å². The molecular weight excluding hydrogens is 533 g/mol. The maximum atomic E-state index is 13.8. The number of nitriles is 1. The van der Waals surface area contributed by atoms with Gasteiger partial charge in [-0.25, -0.2) is 18.6 Å². The molecular formula is C26H13Cl3F2N2O3. The highest BCUT2D eigenvalue weighted by Crippen LogP contribution is 2.39. The highest BCUT2D eigenvalue weighted by Gasteiger charge is 2.27. The van der Waals surface area contributed by atoms with E-state index in [0.717, 1.165) is 12.1 Å². The summed E-state index contributed by atoms with van der Waals surface area (Å²) >= 11 is 18.5. The quantitative estimate of drug-likeness (QED) is 0.268. The zero-order valence-corrected chi connectivity index (χ0v) is 20.2. The average Bonchev–Trinajstić information content (AvgIpc) is 2.84. The van der Waals surface area contributed by atoms with Gasteiger partial charge in [-0.1, -0.05) is 53.0 Å². The summed E-state index contributed by atoms with van der Waals surface area (Å²) in [6.07, 6.45) is -1.78. The van der Waals surface area contributed by atoms with Crippen LogP contribution in [-0.4, -0.2) is 16.1 Å². The van der Waals surface area contributed by atoms with Crippen LogP contribution < -0.4 is 4.74 Å². The number of rotatable bonds is 6. The van der Waals surface area contributed by atoms with Crippen LogP contribution in [0.3, 0.4) is 0 Å². The van der Waals surface area contributed by atoms with Gasteiger partial charge in [0.15, 0.2) is 11.6 Å². The number of nitrogens with zero attached hydrogens (tertiary/aromatic N) is 2. The number of carboxylic acids is 1. The third-order valence-corrected chi connectivity index (χ3v) is 5.95. The molecule has 4 aromatic rings. The van der Waals surface area contributed by atoms with E-state index in [9.17, 15) is 23.9 Å².